The van der Waals surface area contributed by atoms with Gasteiger partial charge in [0.1, 0.15) is 12.4 Å². The summed E-state index contributed by atoms with van der Waals surface area (Å²) in [6, 6.07) is 3.60. The minimum Gasteiger partial charge on any atom is -0.508 e. The Morgan fingerprint density at radius 1 is 1.47 bits per heavy atom. The molecule has 1 amide bonds. The number of aliphatic hydroxyl groups excluding tert-OH is 1. The molecule has 0 saturated heterocycles. The Morgan fingerprint density at radius 2 is 2.12 bits per heavy atom. The second-order valence-electron chi connectivity index (χ2n) is 3.36. The second kappa shape index (κ2) is 5.29. The number of hydrogen-bond acceptors (Lipinski definition) is 3. The van der Waals surface area contributed by atoms with Crippen molar-refractivity contribution in [2.45, 2.75) is 5.92 Å². The number of alkyl halides is 2. The van der Waals surface area contributed by atoms with Gasteiger partial charge in [0, 0.05) is 0 Å². The van der Waals surface area contributed by atoms with Crippen molar-refractivity contribution in [1.29, 1.82) is 0 Å². The van der Waals surface area contributed by atoms with Crippen molar-refractivity contribution in [1.82, 2.24) is 5.32 Å². The molecule has 0 bridgehead atoms. The van der Waals surface area contributed by atoms with Crippen molar-refractivity contribution in [2.24, 2.45) is 0 Å². The van der Waals surface area contributed by atoms with Gasteiger partial charge in [0.2, 0.25) is 0 Å². The summed E-state index contributed by atoms with van der Waals surface area (Å²) < 4.78 is 25.3. The summed E-state index contributed by atoms with van der Waals surface area (Å²) in [4.78, 5) is 11.5. The standard InChI is InChI=1S/C10H10ClF2NO3/c11-8-2-1-6(16)3-7(8)9(17)14-4-10(12,13)5-15/h1-3,15-16H,4-5H2,(H,14,17). The number of halogens is 3. The van der Waals surface area contributed by atoms with E-state index in [9.17, 15) is 13.6 Å². The third kappa shape index (κ3) is 3.83. The topological polar surface area (TPSA) is 69.6 Å². The van der Waals surface area contributed by atoms with E-state index in [1.54, 1.807) is 0 Å². The molecule has 0 radical (unpaired) electrons. The number of phenolic OH excluding ortho intramolecular Hbond substituents is 1. The van der Waals surface area contributed by atoms with Crippen molar-refractivity contribution in [3.05, 3.63) is 28.8 Å². The third-order valence-corrected chi connectivity index (χ3v) is 2.26. The van der Waals surface area contributed by atoms with Gasteiger partial charge in [-0.25, -0.2) is 8.78 Å². The van der Waals surface area contributed by atoms with Crippen LogP contribution < -0.4 is 5.32 Å². The number of aromatic hydroxyl groups is 1. The lowest BCUT2D eigenvalue weighted by molar-refractivity contribution is -0.0462. The SMILES string of the molecule is O=C(NCC(F)(F)CO)c1cc(O)ccc1Cl. The Balaban J connectivity index is 2.74. The quantitative estimate of drug-likeness (QED) is 0.771. The molecule has 0 atom stereocenters. The maximum atomic E-state index is 12.7. The average molecular weight is 266 g/mol. The fraction of sp³-hybridized carbons (Fsp3) is 0.300. The molecule has 1 aromatic carbocycles. The summed E-state index contributed by atoms with van der Waals surface area (Å²) in [6.07, 6.45) is 0. The normalized spacial score (nSPS) is 11.3. The van der Waals surface area contributed by atoms with Crippen LogP contribution >= 0.6 is 11.6 Å². The van der Waals surface area contributed by atoms with Crippen molar-refractivity contribution in [3.63, 3.8) is 0 Å². The third-order valence-electron chi connectivity index (χ3n) is 1.93. The molecule has 0 heterocycles. The molecule has 0 saturated carbocycles. The molecule has 0 aliphatic carbocycles. The number of rotatable bonds is 4. The van der Waals surface area contributed by atoms with Gasteiger partial charge < -0.3 is 15.5 Å². The molecule has 3 N–H and O–H groups in total. The summed E-state index contributed by atoms with van der Waals surface area (Å²) in [5.74, 6) is -4.44. The van der Waals surface area contributed by atoms with Crippen LogP contribution in [0.25, 0.3) is 0 Å². The fourth-order valence-electron chi connectivity index (χ4n) is 1.05. The second-order valence-corrected chi connectivity index (χ2v) is 3.77. The van der Waals surface area contributed by atoms with E-state index in [2.05, 4.69) is 0 Å². The first kappa shape index (κ1) is 13.7. The van der Waals surface area contributed by atoms with Gasteiger partial charge in [0.05, 0.1) is 17.1 Å². The van der Waals surface area contributed by atoms with E-state index in [4.69, 9.17) is 21.8 Å². The van der Waals surface area contributed by atoms with Crippen LogP contribution in [0, 0.1) is 0 Å². The van der Waals surface area contributed by atoms with Crippen molar-refractivity contribution in [2.75, 3.05) is 13.2 Å². The highest BCUT2D eigenvalue weighted by Gasteiger charge is 2.28. The number of benzene rings is 1. The monoisotopic (exact) mass is 265 g/mol. The molecule has 94 valence electrons. The van der Waals surface area contributed by atoms with Gasteiger partial charge in [-0.15, -0.1) is 0 Å². The number of amides is 1. The molecular formula is C10H10ClF2NO3. The van der Waals surface area contributed by atoms with E-state index in [1.165, 1.54) is 12.1 Å². The lowest BCUT2D eigenvalue weighted by atomic mass is 10.2. The summed E-state index contributed by atoms with van der Waals surface area (Å²) in [5.41, 5.74) is -0.111. The summed E-state index contributed by atoms with van der Waals surface area (Å²) in [5, 5.41) is 19.4. The molecule has 0 unspecified atom stereocenters. The van der Waals surface area contributed by atoms with Gasteiger partial charge in [-0.3, -0.25) is 4.79 Å². The number of phenols is 1. The van der Waals surface area contributed by atoms with Gasteiger partial charge >= 0.3 is 0 Å². The predicted octanol–water partition coefficient (Wildman–Crippen LogP) is 1.40. The molecule has 1 aromatic rings. The Kier molecular flexibility index (Phi) is 4.25. The minimum absolute atomic E-state index is 0.0348. The molecule has 17 heavy (non-hydrogen) atoms. The number of carbonyl (C=O) groups is 1. The molecule has 1 rings (SSSR count). The van der Waals surface area contributed by atoms with E-state index < -0.39 is 25.0 Å². The van der Waals surface area contributed by atoms with Gasteiger partial charge in [-0.2, -0.15) is 0 Å². The zero-order valence-electron chi connectivity index (χ0n) is 8.58. The Hall–Kier alpha value is -1.40. The average Bonchev–Trinajstić information content (AvgIpc) is 2.29. The minimum atomic E-state index is -3.39. The number of hydrogen-bond donors (Lipinski definition) is 3. The van der Waals surface area contributed by atoms with E-state index in [-0.39, 0.29) is 16.3 Å². The van der Waals surface area contributed by atoms with E-state index in [0.29, 0.717) is 0 Å². The van der Waals surface area contributed by atoms with E-state index in [0.717, 1.165) is 6.07 Å². The zero-order chi connectivity index (χ0) is 13.1. The summed E-state index contributed by atoms with van der Waals surface area (Å²) >= 11 is 5.67. The smallest absolute Gasteiger partial charge is 0.287 e. The molecule has 4 nitrogen and oxygen atoms in total. The van der Waals surface area contributed by atoms with Gasteiger partial charge in [-0.05, 0) is 18.2 Å². The van der Waals surface area contributed by atoms with Crippen molar-refractivity contribution >= 4 is 17.5 Å². The van der Waals surface area contributed by atoms with Crippen LogP contribution in [0.2, 0.25) is 5.02 Å². The first-order chi connectivity index (χ1) is 7.85. The Labute approximate surface area is 101 Å². The largest absolute Gasteiger partial charge is 0.508 e. The van der Waals surface area contributed by atoms with Crippen LogP contribution in [-0.2, 0) is 0 Å². The van der Waals surface area contributed by atoms with E-state index >= 15 is 0 Å². The maximum absolute atomic E-state index is 12.7. The molecule has 0 aliphatic rings. The molecule has 0 aliphatic heterocycles. The summed E-state index contributed by atoms with van der Waals surface area (Å²) in [6.45, 7) is -2.37. The first-order valence-corrected chi connectivity index (χ1v) is 4.99. The number of aliphatic hydroxyl groups is 1. The van der Waals surface area contributed by atoms with Crippen LogP contribution in [0.15, 0.2) is 18.2 Å². The predicted molar refractivity (Wildman–Crippen MR) is 57.5 cm³/mol. The molecule has 0 fully saturated rings. The molecular weight excluding hydrogens is 256 g/mol. The molecule has 0 aromatic heterocycles. The lowest BCUT2D eigenvalue weighted by Crippen LogP contribution is -2.39. The van der Waals surface area contributed by atoms with Gasteiger partial charge in [0.15, 0.2) is 0 Å². The molecule has 0 spiro atoms. The molecule has 7 heteroatoms. The van der Waals surface area contributed by atoms with Crippen LogP contribution in [0.5, 0.6) is 5.75 Å². The Morgan fingerprint density at radius 3 is 2.71 bits per heavy atom. The fourth-order valence-corrected chi connectivity index (χ4v) is 1.25. The highest BCUT2D eigenvalue weighted by Crippen LogP contribution is 2.21. The zero-order valence-corrected chi connectivity index (χ0v) is 9.34. The van der Waals surface area contributed by atoms with Crippen molar-refractivity contribution in [3.8, 4) is 5.75 Å². The van der Waals surface area contributed by atoms with Crippen LogP contribution in [0.1, 0.15) is 10.4 Å². The lowest BCUT2D eigenvalue weighted by Gasteiger charge is -2.14. The number of carbonyl (C=O) groups excluding carboxylic acids is 1. The van der Waals surface area contributed by atoms with Crippen molar-refractivity contribution < 1.29 is 23.8 Å². The summed E-state index contributed by atoms with van der Waals surface area (Å²) in [7, 11) is 0. The van der Waals surface area contributed by atoms with E-state index in [1.807, 2.05) is 5.32 Å². The first-order valence-electron chi connectivity index (χ1n) is 4.61. The van der Waals surface area contributed by atoms with Crippen LogP contribution in [0.3, 0.4) is 0 Å². The van der Waals surface area contributed by atoms with Crippen LogP contribution in [-0.4, -0.2) is 35.2 Å². The number of nitrogens with one attached hydrogen (secondary N) is 1. The van der Waals surface area contributed by atoms with Crippen LogP contribution in [0.4, 0.5) is 8.78 Å². The highest BCUT2D eigenvalue weighted by atomic mass is 35.5. The maximum Gasteiger partial charge on any atom is 0.287 e. The Bertz CT molecular complexity index is 426. The highest BCUT2D eigenvalue weighted by molar-refractivity contribution is 6.33. The van der Waals surface area contributed by atoms with Gasteiger partial charge in [-0.1, -0.05) is 11.6 Å². The van der Waals surface area contributed by atoms with Gasteiger partial charge in [0.25, 0.3) is 11.8 Å².